The van der Waals surface area contributed by atoms with Crippen LogP contribution < -0.4 is 0 Å². The second-order valence-electron chi connectivity index (χ2n) is 14.0. The Hall–Kier alpha value is -7.21. The first-order valence-corrected chi connectivity index (χ1v) is 19.6. The van der Waals surface area contributed by atoms with Gasteiger partial charge in [-0.25, -0.2) is 15.0 Å². The monoisotopic (exact) mass is 732 g/mol. The maximum Gasteiger partial charge on any atom is 0.164 e. The van der Waals surface area contributed by atoms with E-state index in [9.17, 15) is 0 Å². The van der Waals surface area contributed by atoms with Gasteiger partial charge in [-0.2, -0.15) is 0 Å². The zero-order valence-electron chi connectivity index (χ0n) is 30.2. The third-order valence-corrected chi connectivity index (χ3v) is 11.9. The molecule has 4 nitrogen and oxygen atoms in total. The minimum atomic E-state index is 0.661. The van der Waals surface area contributed by atoms with Crippen molar-refractivity contribution >= 4 is 53.3 Å². The summed E-state index contributed by atoms with van der Waals surface area (Å²) >= 11 is 1.82. The molecule has 0 N–H and O–H groups in total. The molecule has 3 heterocycles. The van der Waals surface area contributed by atoms with Crippen molar-refractivity contribution < 1.29 is 0 Å². The van der Waals surface area contributed by atoms with Crippen LogP contribution in [0.4, 0.5) is 0 Å². The molecule has 0 aliphatic carbocycles. The molecule has 0 radical (unpaired) electrons. The number of para-hydroxylation sites is 2. The Morgan fingerprint density at radius 2 is 0.893 bits per heavy atom. The van der Waals surface area contributed by atoms with E-state index in [1.165, 1.54) is 69.9 Å². The van der Waals surface area contributed by atoms with Gasteiger partial charge in [0.05, 0.1) is 11.0 Å². The lowest BCUT2D eigenvalue weighted by Gasteiger charge is -2.09. The molecule has 0 bridgehead atoms. The second kappa shape index (κ2) is 13.3. The number of nitrogens with zero attached hydrogens (tertiary/aromatic N) is 4. The van der Waals surface area contributed by atoms with Crippen molar-refractivity contribution in [1.29, 1.82) is 0 Å². The van der Waals surface area contributed by atoms with Crippen LogP contribution in [0, 0.1) is 0 Å². The Kier molecular flexibility index (Phi) is 7.64. The number of rotatable bonds is 6. The summed E-state index contributed by atoms with van der Waals surface area (Å²) in [6.45, 7) is 0. The standard InChI is InChI=1S/C51H32N4S/c1-4-14-33(15-5-1)49-52-50(34-16-6-2-7-17-34)54-51(53-49)38-26-28-42-43-24-13-23-40(48(43)56-47(42)32-38)37-19-12-18-35(30-37)36-27-29-46-44(31-36)41-22-10-11-25-45(41)55(46)39-20-8-3-9-21-39/h1-32H. The summed E-state index contributed by atoms with van der Waals surface area (Å²) in [7, 11) is 0. The predicted molar refractivity (Wildman–Crippen MR) is 234 cm³/mol. The van der Waals surface area contributed by atoms with Gasteiger partial charge in [0.2, 0.25) is 0 Å². The Labute approximate surface area is 327 Å². The van der Waals surface area contributed by atoms with Crippen LogP contribution in [0.25, 0.3) is 104 Å². The maximum absolute atomic E-state index is 5.00. The zero-order valence-corrected chi connectivity index (χ0v) is 31.0. The molecule has 262 valence electrons. The first kappa shape index (κ1) is 32.2. The maximum atomic E-state index is 5.00. The summed E-state index contributed by atoms with van der Waals surface area (Å²) in [4.78, 5) is 14.9. The van der Waals surface area contributed by atoms with Crippen LogP contribution in [0.5, 0.6) is 0 Å². The van der Waals surface area contributed by atoms with Gasteiger partial charge >= 0.3 is 0 Å². The normalized spacial score (nSPS) is 11.6. The van der Waals surface area contributed by atoms with E-state index in [0.717, 1.165) is 16.7 Å². The minimum absolute atomic E-state index is 0.661. The van der Waals surface area contributed by atoms with E-state index < -0.39 is 0 Å². The van der Waals surface area contributed by atoms with E-state index in [1.54, 1.807) is 0 Å². The highest BCUT2D eigenvalue weighted by Gasteiger charge is 2.17. The summed E-state index contributed by atoms with van der Waals surface area (Å²) in [6.07, 6.45) is 0. The van der Waals surface area contributed by atoms with Crippen molar-refractivity contribution in [2.75, 3.05) is 0 Å². The molecule has 8 aromatic carbocycles. The summed E-state index contributed by atoms with van der Waals surface area (Å²) < 4.78 is 4.83. The van der Waals surface area contributed by atoms with Crippen LogP contribution in [0.2, 0.25) is 0 Å². The lowest BCUT2D eigenvalue weighted by Crippen LogP contribution is -1.99. The zero-order chi connectivity index (χ0) is 37.0. The first-order valence-electron chi connectivity index (χ1n) is 18.8. The van der Waals surface area contributed by atoms with Gasteiger partial charge in [-0.05, 0) is 64.7 Å². The van der Waals surface area contributed by atoms with Gasteiger partial charge in [-0.3, -0.25) is 0 Å². The van der Waals surface area contributed by atoms with Crippen LogP contribution in [0.1, 0.15) is 0 Å². The quantitative estimate of drug-likeness (QED) is 0.171. The molecule has 0 unspecified atom stereocenters. The molecule has 0 amide bonds. The molecule has 3 aromatic heterocycles. The predicted octanol–water partition coefficient (Wildman–Crippen LogP) is 13.7. The van der Waals surface area contributed by atoms with Crippen molar-refractivity contribution in [3.63, 3.8) is 0 Å². The smallest absolute Gasteiger partial charge is 0.164 e. The molecule has 5 heteroatoms. The van der Waals surface area contributed by atoms with Gasteiger partial charge in [0.25, 0.3) is 0 Å². The molecular weight excluding hydrogens is 701 g/mol. The summed E-state index contributed by atoms with van der Waals surface area (Å²) in [5, 5.41) is 4.98. The van der Waals surface area contributed by atoms with Gasteiger partial charge in [-0.1, -0.05) is 152 Å². The Morgan fingerprint density at radius 3 is 1.64 bits per heavy atom. The number of aromatic nitrogens is 4. The summed E-state index contributed by atoms with van der Waals surface area (Å²) in [6, 6.07) is 68.7. The topological polar surface area (TPSA) is 43.6 Å². The molecule has 0 atom stereocenters. The van der Waals surface area contributed by atoms with Crippen molar-refractivity contribution in [2.45, 2.75) is 0 Å². The molecule has 0 aliphatic heterocycles. The number of hydrogen-bond donors (Lipinski definition) is 0. The lowest BCUT2D eigenvalue weighted by atomic mass is 9.97. The van der Waals surface area contributed by atoms with Crippen molar-refractivity contribution in [3.8, 4) is 62.1 Å². The molecule has 0 spiro atoms. The first-order chi connectivity index (χ1) is 27.7. The van der Waals surface area contributed by atoms with Gasteiger partial charge in [0.1, 0.15) is 0 Å². The fraction of sp³-hybridized carbons (Fsp3) is 0. The van der Waals surface area contributed by atoms with E-state index in [0.29, 0.717) is 17.5 Å². The van der Waals surface area contributed by atoms with Crippen LogP contribution in [-0.2, 0) is 0 Å². The largest absolute Gasteiger partial charge is 0.309 e. The van der Waals surface area contributed by atoms with Crippen LogP contribution in [0.15, 0.2) is 194 Å². The highest BCUT2D eigenvalue weighted by atomic mass is 32.1. The van der Waals surface area contributed by atoms with E-state index in [2.05, 4.69) is 138 Å². The SMILES string of the molecule is c1ccc(-c2nc(-c3ccccc3)nc(-c3ccc4c(c3)sc3c(-c5cccc(-c6ccc7c(c6)c6ccccc6n7-c6ccccc6)c5)cccc34)n2)cc1. The average Bonchev–Trinajstić information content (AvgIpc) is 3.82. The Balaban J connectivity index is 1.00. The summed E-state index contributed by atoms with van der Waals surface area (Å²) in [5.74, 6) is 1.98. The number of hydrogen-bond acceptors (Lipinski definition) is 4. The number of thiophene rings is 1. The van der Waals surface area contributed by atoms with Crippen LogP contribution >= 0.6 is 11.3 Å². The number of benzene rings is 8. The molecule has 11 aromatic rings. The molecule has 11 rings (SSSR count). The van der Waals surface area contributed by atoms with E-state index in [-0.39, 0.29) is 0 Å². The molecule has 56 heavy (non-hydrogen) atoms. The van der Waals surface area contributed by atoms with Gasteiger partial charge in [0.15, 0.2) is 17.5 Å². The molecule has 0 saturated carbocycles. The molecule has 0 saturated heterocycles. The second-order valence-corrected chi connectivity index (χ2v) is 15.1. The average molecular weight is 733 g/mol. The molecule has 0 fully saturated rings. The molecular formula is C51H32N4S. The Morgan fingerprint density at radius 1 is 0.339 bits per heavy atom. The van der Waals surface area contributed by atoms with Gasteiger partial charge in [0, 0.05) is 53.3 Å². The fourth-order valence-corrected chi connectivity index (χ4v) is 9.25. The van der Waals surface area contributed by atoms with E-state index >= 15 is 0 Å². The minimum Gasteiger partial charge on any atom is -0.309 e. The third-order valence-electron chi connectivity index (χ3n) is 10.7. The lowest BCUT2D eigenvalue weighted by molar-refractivity contribution is 1.07. The van der Waals surface area contributed by atoms with Crippen molar-refractivity contribution in [2.24, 2.45) is 0 Å². The number of fused-ring (bicyclic) bond motifs is 6. The highest BCUT2D eigenvalue weighted by Crippen LogP contribution is 2.42. The van der Waals surface area contributed by atoms with E-state index in [4.69, 9.17) is 15.0 Å². The van der Waals surface area contributed by atoms with Crippen LogP contribution in [-0.4, -0.2) is 19.5 Å². The third kappa shape index (κ3) is 5.48. The highest BCUT2D eigenvalue weighted by molar-refractivity contribution is 7.26. The van der Waals surface area contributed by atoms with Crippen molar-refractivity contribution in [1.82, 2.24) is 19.5 Å². The Bertz CT molecular complexity index is 3180. The van der Waals surface area contributed by atoms with Crippen molar-refractivity contribution in [3.05, 3.63) is 194 Å². The van der Waals surface area contributed by atoms with E-state index in [1.807, 2.05) is 72.0 Å². The van der Waals surface area contributed by atoms with Crippen LogP contribution in [0.3, 0.4) is 0 Å². The van der Waals surface area contributed by atoms with Gasteiger partial charge in [-0.15, -0.1) is 11.3 Å². The fourth-order valence-electron chi connectivity index (χ4n) is 7.98. The van der Waals surface area contributed by atoms with Gasteiger partial charge < -0.3 is 4.57 Å². The molecule has 0 aliphatic rings. The summed E-state index contributed by atoms with van der Waals surface area (Å²) in [5.41, 5.74) is 11.3.